The summed E-state index contributed by atoms with van der Waals surface area (Å²) in [6, 6.07) is 8.39. The highest BCUT2D eigenvalue weighted by Gasteiger charge is 2.19. The smallest absolute Gasteiger partial charge is 0.221 e. The highest BCUT2D eigenvalue weighted by molar-refractivity contribution is 7.90. The molecule has 0 saturated heterocycles. The van der Waals surface area contributed by atoms with E-state index in [2.05, 4.69) is 48.3 Å². The minimum Gasteiger partial charge on any atom is -0.354 e. The lowest BCUT2D eigenvalue weighted by Gasteiger charge is -2.30. The molecule has 0 aliphatic heterocycles. The molecule has 0 saturated carbocycles. The standard InChI is InChI=1S/C17H28N2O3S/c1-5-19(6-2)16(15-9-7-14(3)8-10-15)13-18-17(20)11-12-23(4,21)22/h7-10,16H,5-6,11-13H2,1-4H3,(H,18,20). The molecule has 0 radical (unpaired) electrons. The van der Waals surface area contributed by atoms with E-state index in [1.54, 1.807) is 0 Å². The van der Waals surface area contributed by atoms with E-state index in [0.29, 0.717) is 6.54 Å². The number of carbonyl (C=O) groups is 1. The van der Waals surface area contributed by atoms with E-state index >= 15 is 0 Å². The molecule has 23 heavy (non-hydrogen) atoms. The van der Waals surface area contributed by atoms with Gasteiger partial charge < -0.3 is 5.32 Å². The fourth-order valence-electron chi connectivity index (χ4n) is 2.49. The maximum atomic E-state index is 11.9. The zero-order valence-electron chi connectivity index (χ0n) is 14.5. The molecular weight excluding hydrogens is 312 g/mol. The molecule has 130 valence electrons. The first-order valence-corrected chi connectivity index (χ1v) is 10.1. The third kappa shape index (κ3) is 7.14. The normalized spacial score (nSPS) is 13.1. The number of aryl methyl sites for hydroxylation is 1. The predicted octanol–water partition coefficient (Wildman–Crippen LogP) is 1.93. The van der Waals surface area contributed by atoms with Gasteiger partial charge in [-0.1, -0.05) is 43.7 Å². The molecule has 0 bridgehead atoms. The monoisotopic (exact) mass is 340 g/mol. The molecule has 0 spiro atoms. The lowest BCUT2D eigenvalue weighted by atomic mass is 10.0. The number of benzene rings is 1. The van der Waals surface area contributed by atoms with Crippen molar-refractivity contribution in [3.8, 4) is 0 Å². The summed E-state index contributed by atoms with van der Waals surface area (Å²) in [5.41, 5.74) is 2.35. The highest BCUT2D eigenvalue weighted by Crippen LogP contribution is 2.20. The van der Waals surface area contributed by atoms with Crippen LogP contribution < -0.4 is 5.32 Å². The fourth-order valence-corrected chi connectivity index (χ4v) is 3.04. The van der Waals surface area contributed by atoms with Crippen molar-refractivity contribution >= 4 is 15.7 Å². The van der Waals surface area contributed by atoms with Crippen LogP contribution in [0.4, 0.5) is 0 Å². The van der Waals surface area contributed by atoms with Crippen LogP contribution in [-0.4, -0.2) is 50.9 Å². The van der Waals surface area contributed by atoms with Gasteiger partial charge in [-0.25, -0.2) is 8.42 Å². The number of carbonyl (C=O) groups excluding carboxylic acids is 1. The Balaban J connectivity index is 2.74. The molecule has 5 nitrogen and oxygen atoms in total. The second-order valence-corrected chi connectivity index (χ2v) is 8.09. The van der Waals surface area contributed by atoms with E-state index in [9.17, 15) is 13.2 Å². The summed E-state index contributed by atoms with van der Waals surface area (Å²) in [5, 5.41) is 2.87. The van der Waals surface area contributed by atoms with E-state index < -0.39 is 9.84 Å². The van der Waals surface area contributed by atoms with Crippen molar-refractivity contribution in [1.29, 1.82) is 0 Å². The molecule has 0 aliphatic rings. The SMILES string of the molecule is CCN(CC)C(CNC(=O)CCS(C)(=O)=O)c1ccc(C)cc1. The Morgan fingerprint density at radius 2 is 1.74 bits per heavy atom. The van der Waals surface area contributed by atoms with Gasteiger partial charge in [-0.15, -0.1) is 0 Å². The summed E-state index contributed by atoms with van der Waals surface area (Å²) in [5.74, 6) is -0.334. The number of rotatable bonds is 9. The van der Waals surface area contributed by atoms with Crippen LogP contribution in [0.2, 0.25) is 0 Å². The lowest BCUT2D eigenvalue weighted by Crippen LogP contribution is -2.38. The second kappa shape index (κ2) is 9.03. The van der Waals surface area contributed by atoms with Crippen LogP contribution in [0.5, 0.6) is 0 Å². The summed E-state index contributed by atoms with van der Waals surface area (Å²) in [6.45, 7) is 8.48. The van der Waals surface area contributed by atoms with Crippen LogP contribution in [0.3, 0.4) is 0 Å². The first-order chi connectivity index (χ1) is 10.8. The molecule has 1 rings (SSSR count). The zero-order chi connectivity index (χ0) is 17.5. The summed E-state index contributed by atoms with van der Waals surface area (Å²) in [7, 11) is -3.11. The summed E-state index contributed by atoms with van der Waals surface area (Å²) in [4.78, 5) is 14.2. The number of likely N-dealkylation sites (N-methyl/N-ethyl adjacent to an activating group) is 1. The molecule has 1 atom stereocenters. The third-order valence-electron chi connectivity index (χ3n) is 3.91. The summed E-state index contributed by atoms with van der Waals surface area (Å²) >= 11 is 0. The average Bonchev–Trinajstić information content (AvgIpc) is 2.50. The van der Waals surface area contributed by atoms with Gasteiger partial charge in [-0.2, -0.15) is 0 Å². The van der Waals surface area contributed by atoms with E-state index in [-0.39, 0.29) is 24.1 Å². The lowest BCUT2D eigenvalue weighted by molar-refractivity contribution is -0.121. The maximum absolute atomic E-state index is 11.9. The fraction of sp³-hybridized carbons (Fsp3) is 0.588. The summed E-state index contributed by atoms with van der Waals surface area (Å²) in [6.07, 6.45) is 1.16. The molecule has 1 unspecified atom stereocenters. The van der Waals surface area contributed by atoms with Crippen LogP contribution >= 0.6 is 0 Å². The van der Waals surface area contributed by atoms with Gasteiger partial charge in [-0.05, 0) is 25.6 Å². The predicted molar refractivity (Wildman–Crippen MR) is 94.2 cm³/mol. The van der Waals surface area contributed by atoms with Crippen molar-refractivity contribution in [2.45, 2.75) is 33.2 Å². The molecule has 1 amide bonds. The van der Waals surface area contributed by atoms with Crippen molar-refractivity contribution in [2.24, 2.45) is 0 Å². The average molecular weight is 340 g/mol. The highest BCUT2D eigenvalue weighted by atomic mass is 32.2. The van der Waals surface area contributed by atoms with Gasteiger partial charge in [-0.3, -0.25) is 9.69 Å². The van der Waals surface area contributed by atoms with E-state index in [4.69, 9.17) is 0 Å². The first-order valence-electron chi connectivity index (χ1n) is 8.01. The number of amides is 1. The first kappa shape index (κ1) is 19.6. The molecule has 1 aromatic carbocycles. The van der Waals surface area contributed by atoms with Gasteiger partial charge in [0.05, 0.1) is 11.8 Å². The number of nitrogens with zero attached hydrogens (tertiary/aromatic N) is 1. The van der Waals surface area contributed by atoms with Crippen molar-refractivity contribution in [3.05, 3.63) is 35.4 Å². The minimum atomic E-state index is -3.11. The van der Waals surface area contributed by atoms with Gasteiger partial charge in [0.15, 0.2) is 0 Å². The number of hydrogen-bond acceptors (Lipinski definition) is 4. The third-order valence-corrected chi connectivity index (χ3v) is 4.85. The topological polar surface area (TPSA) is 66.5 Å². The molecule has 1 aromatic rings. The Kier molecular flexibility index (Phi) is 7.72. The Morgan fingerprint density at radius 3 is 2.22 bits per heavy atom. The van der Waals surface area contributed by atoms with Crippen LogP contribution in [0, 0.1) is 6.92 Å². The molecular formula is C17H28N2O3S. The van der Waals surface area contributed by atoms with Crippen LogP contribution in [0.1, 0.15) is 37.4 Å². The zero-order valence-corrected chi connectivity index (χ0v) is 15.3. The van der Waals surface area contributed by atoms with Crippen molar-refractivity contribution in [3.63, 3.8) is 0 Å². The largest absolute Gasteiger partial charge is 0.354 e. The van der Waals surface area contributed by atoms with Crippen LogP contribution in [0.15, 0.2) is 24.3 Å². The van der Waals surface area contributed by atoms with Crippen LogP contribution in [0.25, 0.3) is 0 Å². The van der Waals surface area contributed by atoms with Gasteiger partial charge in [0, 0.05) is 19.2 Å². The molecule has 0 aromatic heterocycles. The van der Waals surface area contributed by atoms with Gasteiger partial charge in [0.1, 0.15) is 9.84 Å². The van der Waals surface area contributed by atoms with Crippen molar-refractivity contribution < 1.29 is 13.2 Å². The maximum Gasteiger partial charge on any atom is 0.221 e. The van der Waals surface area contributed by atoms with E-state index in [1.807, 2.05) is 6.92 Å². The number of sulfone groups is 1. The molecule has 0 aliphatic carbocycles. The Morgan fingerprint density at radius 1 is 1.17 bits per heavy atom. The van der Waals surface area contributed by atoms with Gasteiger partial charge in [0.2, 0.25) is 5.91 Å². The quantitative estimate of drug-likeness (QED) is 0.746. The molecule has 6 heteroatoms. The number of nitrogens with one attached hydrogen (secondary N) is 1. The second-order valence-electron chi connectivity index (χ2n) is 5.83. The Hall–Kier alpha value is -1.40. The van der Waals surface area contributed by atoms with Crippen LogP contribution in [-0.2, 0) is 14.6 Å². The van der Waals surface area contributed by atoms with E-state index in [1.165, 1.54) is 5.56 Å². The molecule has 1 N–H and O–H groups in total. The minimum absolute atomic E-state index is 0.0116. The van der Waals surface area contributed by atoms with Gasteiger partial charge in [0.25, 0.3) is 0 Å². The molecule has 0 heterocycles. The van der Waals surface area contributed by atoms with Gasteiger partial charge >= 0.3 is 0 Å². The molecule has 0 fully saturated rings. The van der Waals surface area contributed by atoms with E-state index in [0.717, 1.165) is 24.9 Å². The summed E-state index contributed by atoms with van der Waals surface area (Å²) < 4.78 is 22.3. The Bertz CT molecular complexity index is 593. The van der Waals surface area contributed by atoms with Crippen molar-refractivity contribution in [1.82, 2.24) is 10.2 Å². The number of hydrogen-bond donors (Lipinski definition) is 1. The Labute approximate surface area is 140 Å². The van der Waals surface area contributed by atoms with Crippen molar-refractivity contribution in [2.75, 3.05) is 31.6 Å².